The van der Waals surface area contributed by atoms with Gasteiger partial charge in [-0.1, -0.05) is 22.6 Å². The molecule has 0 radical (unpaired) electrons. The number of hydrogen-bond acceptors (Lipinski definition) is 2. The lowest BCUT2D eigenvalue weighted by molar-refractivity contribution is 0.0949. The monoisotopic (exact) mass is 293 g/mol. The molecule has 0 spiro atoms. The molecule has 0 bridgehead atoms. The van der Waals surface area contributed by atoms with Crippen LogP contribution in [-0.4, -0.2) is 26.4 Å². The topological polar surface area (TPSA) is 46.9 Å². The van der Waals surface area contributed by atoms with Gasteiger partial charge in [-0.15, -0.1) is 0 Å². The zero-order valence-corrected chi connectivity index (χ0v) is 9.61. The predicted molar refractivity (Wildman–Crippen MR) is 59.0 cm³/mol. The maximum absolute atomic E-state index is 11.3. The van der Waals surface area contributed by atoms with Crippen LogP contribution >= 0.6 is 22.6 Å². The Balaban J connectivity index is 2.40. The van der Waals surface area contributed by atoms with Crippen LogP contribution in [0.15, 0.2) is 12.5 Å². The van der Waals surface area contributed by atoms with Gasteiger partial charge in [0.05, 0.1) is 6.33 Å². The Bertz CT molecular complexity index is 285. The molecule has 0 aliphatic rings. The van der Waals surface area contributed by atoms with Gasteiger partial charge in [0.25, 0.3) is 5.91 Å². The van der Waals surface area contributed by atoms with Gasteiger partial charge in [-0.3, -0.25) is 4.79 Å². The van der Waals surface area contributed by atoms with Crippen molar-refractivity contribution < 1.29 is 4.79 Å². The maximum atomic E-state index is 11.3. The first-order valence-corrected chi connectivity index (χ1v) is 5.58. The van der Waals surface area contributed by atoms with Crippen molar-refractivity contribution in [2.24, 2.45) is 7.05 Å². The molecule has 1 heterocycles. The van der Waals surface area contributed by atoms with Crippen LogP contribution in [0.5, 0.6) is 0 Å². The van der Waals surface area contributed by atoms with Gasteiger partial charge in [0, 0.05) is 24.2 Å². The molecule has 1 N–H and O–H groups in total. The molecule has 0 fully saturated rings. The standard InChI is InChI=1S/C8H12IN3O/c1-12-5-7(11-6-12)8(13)10-4-2-3-9/h5-6H,2-4H2,1H3,(H,10,13). The quantitative estimate of drug-likeness (QED) is 0.511. The molecule has 4 nitrogen and oxygen atoms in total. The number of carbonyl (C=O) groups is 1. The number of amides is 1. The van der Waals surface area contributed by atoms with Crippen LogP contribution in [0.25, 0.3) is 0 Å². The number of alkyl halides is 1. The second-order valence-electron chi connectivity index (χ2n) is 2.72. The van der Waals surface area contributed by atoms with Gasteiger partial charge < -0.3 is 9.88 Å². The minimum Gasteiger partial charge on any atom is -0.351 e. The highest BCUT2D eigenvalue weighted by Gasteiger charge is 2.06. The van der Waals surface area contributed by atoms with Crippen LogP contribution in [0.2, 0.25) is 0 Å². The van der Waals surface area contributed by atoms with Gasteiger partial charge in [0.1, 0.15) is 5.69 Å². The van der Waals surface area contributed by atoms with Gasteiger partial charge in [0.15, 0.2) is 0 Å². The minimum atomic E-state index is -0.0922. The number of carbonyl (C=O) groups excluding carboxylic acids is 1. The van der Waals surface area contributed by atoms with Crippen molar-refractivity contribution >= 4 is 28.5 Å². The lowest BCUT2D eigenvalue weighted by atomic mass is 10.4. The van der Waals surface area contributed by atoms with E-state index in [2.05, 4.69) is 32.9 Å². The Morgan fingerprint density at radius 1 is 1.77 bits per heavy atom. The fourth-order valence-electron chi connectivity index (χ4n) is 0.889. The van der Waals surface area contributed by atoms with E-state index in [0.717, 1.165) is 17.4 Å². The Morgan fingerprint density at radius 2 is 2.54 bits per heavy atom. The van der Waals surface area contributed by atoms with Gasteiger partial charge in [0.2, 0.25) is 0 Å². The number of imidazole rings is 1. The van der Waals surface area contributed by atoms with Crippen molar-refractivity contribution in [1.29, 1.82) is 0 Å². The van der Waals surface area contributed by atoms with E-state index in [1.165, 1.54) is 0 Å². The van der Waals surface area contributed by atoms with E-state index in [-0.39, 0.29) is 5.91 Å². The Morgan fingerprint density at radius 3 is 3.08 bits per heavy atom. The number of rotatable bonds is 4. The van der Waals surface area contributed by atoms with Crippen LogP contribution in [0.4, 0.5) is 0 Å². The minimum absolute atomic E-state index is 0.0922. The average molecular weight is 293 g/mol. The second-order valence-corrected chi connectivity index (χ2v) is 3.80. The lowest BCUT2D eigenvalue weighted by Gasteiger charge is -1.99. The van der Waals surface area contributed by atoms with Gasteiger partial charge in [-0.05, 0) is 6.42 Å². The molecule has 5 heteroatoms. The summed E-state index contributed by atoms with van der Waals surface area (Å²) in [4.78, 5) is 15.3. The molecule has 0 saturated heterocycles. The molecule has 1 rings (SSSR count). The highest BCUT2D eigenvalue weighted by molar-refractivity contribution is 14.1. The smallest absolute Gasteiger partial charge is 0.271 e. The zero-order chi connectivity index (χ0) is 9.68. The number of halogens is 1. The van der Waals surface area contributed by atoms with Crippen molar-refractivity contribution in [1.82, 2.24) is 14.9 Å². The van der Waals surface area contributed by atoms with Crippen molar-refractivity contribution in [3.8, 4) is 0 Å². The number of hydrogen-bond donors (Lipinski definition) is 1. The van der Waals surface area contributed by atoms with Crippen LogP contribution in [0, 0.1) is 0 Å². The average Bonchev–Trinajstić information content (AvgIpc) is 2.52. The Hall–Kier alpha value is -0.590. The molecule has 13 heavy (non-hydrogen) atoms. The summed E-state index contributed by atoms with van der Waals surface area (Å²) < 4.78 is 2.81. The third-order valence-electron chi connectivity index (χ3n) is 1.53. The van der Waals surface area contributed by atoms with Gasteiger partial charge in [-0.25, -0.2) is 4.98 Å². The number of nitrogens with zero attached hydrogens (tertiary/aromatic N) is 2. The van der Waals surface area contributed by atoms with Crippen molar-refractivity contribution in [2.75, 3.05) is 11.0 Å². The van der Waals surface area contributed by atoms with E-state index in [0.29, 0.717) is 5.69 Å². The third kappa shape index (κ3) is 3.33. The molecular formula is C8H12IN3O. The number of aryl methyl sites for hydroxylation is 1. The number of nitrogens with one attached hydrogen (secondary N) is 1. The SMILES string of the molecule is Cn1cnc(C(=O)NCCCI)c1. The summed E-state index contributed by atoms with van der Waals surface area (Å²) in [5.41, 5.74) is 0.482. The maximum Gasteiger partial charge on any atom is 0.271 e. The van der Waals surface area contributed by atoms with E-state index in [1.807, 2.05) is 7.05 Å². The summed E-state index contributed by atoms with van der Waals surface area (Å²) in [5.74, 6) is -0.0922. The van der Waals surface area contributed by atoms with Crippen molar-refractivity contribution in [3.05, 3.63) is 18.2 Å². The van der Waals surface area contributed by atoms with Crippen LogP contribution in [-0.2, 0) is 7.05 Å². The third-order valence-corrected chi connectivity index (χ3v) is 2.30. The summed E-state index contributed by atoms with van der Waals surface area (Å²) in [5, 5.41) is 2.79. The summed E-state index contributed by atoms with van der Waals surface area (Å²) in [6.07, 6.45) is 4.33. The fraction of sp³-hybridized carbons (Fsp3) is 0.500. The van der Waals surface area contributed by atoms with E-state index < -0.39 is 0 Å². The summed E-state index contributed by atoms with van der Waals surface area (Å²) in [6.45, 7) is 0.721. The molecule has 0 aliphatic carbocycles. The number of aromatic nitrogens is 2. The summed E-state index contributed by atoms with van der Waals surface area (Å²) in [7, 11) is 1.84. The van der Waals surface area contributed by atoms with Crippen LogP contribution in [0.1, 0.15) is 16.9 Å². The lowest BCUT2D eigenvalue weighted by Crippen LogP contribution is -2.24. The summed E-state index contributed by atoms with van der Waals surface area (Å²) in [6, 6.07) is 0. The van der Waals surface area contributed by atoms with E-state index in [9.17, 15) is 4.79 Å². The summed E-state index contributed by atoms with van der Waals surface area (Å²) >= 11 is 2.28. The van der Waals surface area contributed by atoms with Crippen molar-refractivity contribution in [3.63, 3.8) is 0 Å². The second kappa shape index (κ2) is 5.21. The molecule has 1 aromatic rings. The molecule has 0 atom stereocenters. The van der Waals surface area contributed by atoms with E-state index >= 15 is 0 Å². The molecule has 0 aromatic carbocycles. The van der Waals surface area contributed by atoms with Gasteiger partial charge >= 0.3 is 0 Å². The van der Waals surface area contributed by atoms with Crippen LogP contribution in [0.3, 0.4) is 0 Å². The Kier molecular flexibility index (Phi) is 4.20. The zero-order valence-electron chi connectivity index (χ0n) is 7.46. The molecule has 1 aromatic heterocycles. The first kappa shape index (κ1) is 10.5. The van der Waals surface area contributed by atoms with E-state index in [4.69, 9.17) is 0 Å². The first-order chi connectivity index (χ1) is 6.24. The highest BCUT2D eigenvalue weighted by Crippen LogP contribution is 1.94. The molecule has 0 saturated carbocycles. The van der Waals surface area contributed by atoms with Crippen LogP contribution < -0.4 is 5.32 Å². The predicted octanol–water partition coefficient (Wildman–Crippen LogP) is 0.975. The molecule has 72 valence electrons. The highest BCUT2D eigenvalue weighted by atomic mass is 127. The largest absolute Gasteiger partial charge is 0.351 e. The Labute approximate surface area is 90.9 Å². The molecule has 1 amide bonds. The van der Waals surface area contributed by atoms with Crippen molar-refractivity contribution in [2.45, 2.75) is 6.42 Å². The molecule has 0 aliphatic heterocycles. The fourth-order valence-corrected chi connectivity index (χ4v) is 1.27. The molecule has 0 unspecified atom stereocenters. The normalized spacial score (nSPS) is 10.0. The molecular weight excluding hydrogens is 281 g/mol. The van der Waals surface area contributed by atoms with Gasteiger partial charge in [-0.2, -0.15) is 0 Å². The van der Waals surface area contributed by atoms with E-state index in [1.54, 1.807) is 17.1 Å². The first-order valence-electron chi connectivity index (χ1n) is 4.06.